The van der Waals surface area contributed by atoms with Crippen LogP contribution in [-0.4, -0.2) is 16.5 Å². The zero-order chi connectivity index (χ0) is 16.2. The van der Waals surface area contributed by atoms with E-state index in [0.717, 1.165) is 17.5 Å². The fraction of sp³-hybridized carbons (Fsp3) is 0.250. The Hall–Kier alpha value is -2.55. The molecule has 0 atom stereocenters. The fourth-order valence-electron chi connectivity index (χ4n) is 2.92. The van der Waals surface area contributed by atoms with Crippen molar-refractivity contribution in [1.82, 2.24) is 9.88 Å². The lowest BCUT2D eigenvalue weighted by atomic mass is 10.1. The highest BCUT2D eigenvalue weighted by Gasteiger charge is 2.12. The number of para-hydroxylation sites is 1. The minimum Gasteiger partial charge on any atom is -0.354 e. The Morgan fingerprint density at radius 1 is 1.04 bits per heavy atom. The molecule has 0 spiro atoms. The van der Waals surface area contributed by atoms with Crippen molar-refractivity contribution in [3.05, 3.63) is 71.9 Å². The number of hydrogen-bond donors (Lipinski definition) is 1. The van der Waals surface area contributed by atoms with Gasteiger partial charge >= 0.3 is 0 Å². The first-order valence-corrected chi connectivity index (χ1v) is 8.03. The summed E-state index contributed by atoms with van der Waals surface area (Å²) in [5.41, 5.74) is 3.50. The summed E-state index contributed by atoms with van der Waals surface area (Å²) in [5, 5.41) is 4.12. The summed E-state index contributed by atoms with van der Waals surface area (Å²) >= 11 is 0. The van der Waals surface area contributed by atoms with E-state index < -0.39 is 0 Å². The van der Waals surface area contributed by atoms with Crippen LogP contribution in [0.4, 0.5) is 0 Å². The Bertz CT molecular complexity index is 803. The third-order valence-electron chi connectivity index (χ3n) is 3.87. The largest absolute Gasteiger partial charge is 0.354 e. The van der Waals surface area contributed by atoms with Crippen molar-refractivity contribution in [2.24, 2.45) is 0 Å². The topological polar surface area (TPSA) is 34.0 Å². The first-order chi connectivity index (χ1) is 11.1. The van der Waals surface area contributed by atoms with Crippen LogP contribution in [0.5, 0.6) is 0 Å². The number of fused-ring (bicyclic) bond motifs is 1. The minimum atomic E-state index is 0.0719. The molecular formula is C20H22N2O. The maximum absolute atomic E-state index is 12.1. The molecule has 0 aliphatic carbocycles. The Morgan fingerprint density at radius 2 is 1.74 bits per heavy atom. The molecule has 0 saturated carbocycles. The second-order valence-corrected chi connectivity index (χ2v) is 6.18. The summed E-state index contributed by atoms with van der Waals surface area (Å²) in [6, 6.07) is 18.8. The number of amides is 1. The highest BCUT2D eigenvalue weighted by atomic mass is 16.1. The van der Waals surface area contributed by atoms with Gasteiger partial charge in [0.15, 0.2) is 0 Å². The smallest absolute Gasteiger partial charge is 0.224 e. The Morgan fingerprint density at radius 3 is 2.48 bits per heavy atom. The molecule has 0 radical (unpaired) electrons. The monoisotopic (exact) mass is 306 g/mol. The van der Waals surface area contributed by atoms with Crippen LogP contribution in [0.15, 0.2) is 60.8 Å². The van der Waals surface area contributed by atoms with Crippen LogP contribution < -0.4 is 5.32 Å². The van der Waals surface area contributed by atoms with Crippen LogP contribution in [0.2, 0.25) is 0 Å². The highest BCUT2D eigenvalue weighted by Crippen LogP contribution is 2.23. The molecule has 1 N–H and O–H groups in total. The van der Waals surface area contributed by atoms with Crippen LogP contribution in [0.3, 0.4) is 0 Å². The van der Waals surface area contributed by atoms with Crippen LogP contribution in [0.25, 0.3) is 10.9 Å². The molecule has 1 aromatic heterocycles. The lowest BCUT2D eigenvalue weighted by molar-refractivity contribution is -0.120. The van der Waals surface area contributed by atoms with Gasteiger partial charge in [0, 0.05) is 29.7 Å². The Balaban J connectivity index is 1.92. The second-order valence-electron chi connectivity index (χ2n) is 6.18. The average Bonchev–Trinajstić information content (AvgIpc) is 2.86. The lowest BCUT2D eigenvalue weighted by Crippen LogP contribution is -2.31. The standard InChI is InChI=1S/C20H22N2O/c1-15(2)21-20(23)12-17-14-22(13-16-8-4-3-5-9-16)19-11-7-6-10-18(17)19/h3-11,14-15H,12-13H2,1-2H3,(H,21,23). The third kappa shape index (κ3) is 3.62. The van der Waals surface area contributed by atoms with Crippen molar-refractivity contribution in [2.75, 3.05) is 0 Å². The van der Waals surface area contributed by atoms with Gasteiger partial charge in [-0.15, -0.1) is 0 Å². The number of benzene rings is 2. The Kier molecular flexibility index (Phi) is 4.47. The quantitative estimate of drug-likeness (QED) is 0.765. The zero-order valence-electron chi connectivity index (χ0n) is 13.6. The molecule has 0 bridgehead atoms. The predicted molar refractivity (Wildman–Crippen MR) is 94.5 cm³/mol. The molecule has 3 aromatic rings. The zero-order valence-corrected chi connectivity index (χ0v) is 13.6. The van der Waals surface area contributed by atoms with Crippen molar-refractivity contribution in [2.45, 2.75) is 32.9 Å². The van der Waals surface area contributed by atoms with Gasteiger partial charge in [-0.3, -0.25) is 4.79 Å². The molecule has 1 heterocycles. The van der Waals surface area contributed by atoms with E-state index >= 15 is 0 Å². The van der Waals surface area contributed by atoms with E-state index in [1.54, 1.807) is 0 Å². The van der Waals surface area contributed by atoms with Crippen LogP contribution in [-0.2, 0) is 17.8 Å². The highest BCUT2D eigenvalue weighted by molar-refractivity contribution is 5.89. The van der Waals surface area contributed by atoms with E-state index in [9.17, 15) is 4.79 Å². The van der Waals surface area contributed by atoms with Gasteiger partial charge in [-0.25, -0.2) is 0 Å². The molecule has 0 saturated heterocycles. The van der Waals surface area contributed by atoms with Gasteiger partial charge in [-0.05, 0) is 31.0 Å². The number of nitrogens with one attached hydrogen (secondary N) is 1. The summed E-state index contributed by atoms with van der Waals surface area (Å²) in [6.07, 6.45) is 2.53. The van der Waals surface area contributed by atoms with E-state index in [4.69, 9.17) is 0 Å². The molecule has 0 unspecified atom stereocenters. The number of carbonyl (C=O) groups excluding carboxylic acids is 1. The summed E-state index contributed by atoms with van der Waals surface area (Å²) in [4.78, 5) is 12.1. The van der Waals surface area contributed by atoms with Crippen molar-refractivity contribution in [1.29, 1.82) is 0 Å². The van der Waals surface area contributed by atoms with Crippen LogP contribution in [0.1, 0.15) is 25.0 Å². The summed E-state index contributed by atoms with van der Waals surface area (Å²) in [7, 11) is 0. The van der Waals surface area contributed by atoms with E-state index in [-0.39, 0.29) is 11.9 Å². The lowest BCUT2D eigenvalue weighted by Gasteiger charge is -2.07. The van der Waals surface area contributed by atoms with Gasteiger partial charge in [0.2, 0.25) is 5.91 Å². The van der Waals surface area contributed by atoms with Gasteiger partial charge in [0.1, 0.15) is 0 Å². The van der Waals surface area contributed by atoms with Crippen LogP contribution in [0, 0.1) is 0 Å². The van der Waals surface area contributed by atoms with E-state index in [1.165, 1.54) is 11.1 Å². The summed E-state index contributed by atoms with van der Waals surface area (Å²) < 4.78 is 2.22. The molecule has 0 aliphatic heterocycles. The van der Waals surface area contributed by atoms with Gasteiger partial charge < -0.3 is 9.88 Å². The van der Waals surface area contributed by atoms with Crippen molar-refractivity contribution in [3.8, 4) is 0 Å². The summed E-state index contributed by atoms with van der Waals surface area (Å²) in [6.45, 7) is 4.78. The van der Waals surface area contributed by atoms with Gasteiger partial charge in [-0.1, -0.05) is 48.5 Å². The molecular weight excluding hydrogens is 284 g/mol. The molecule has 118 valence electrons. The normalized spacial score (nSPS) is 11.1. The molecule has 0 aliphatic rings. The first kappa shape index (κ1) is 15.3. The Labute approximate surface area is 136 Å². The third-order valence-corrected chi connectivity index (χ3v) is 3.87. The van der Waals surface area contributed by atoms with Gasteiger partial charge in [0.05, 0.1) is 6.42 Å². The molecule has 3 nitrogen and oxygen atoms in total. The van der Waals surface area contributed by atoms with Crippen molar-refractivity contribution in [3.63, 3.8) is 0 Å². The average molecular weight is 306 g/mol. The SMILES string of the molecule is CC(C)NC(=O)Cc1cn(Cc2ccccc2)c2ccccc12. The maximum atomic E-state index is 12.1. The molecule has 0 fully saturated rings. The molecule has 23 heavy (non-hydrogen) atoms. The molecule has 2 aromatic carbocycles. The fourth-order valence-corrected chi connectivity index (χ4v) is 2.92. The minimum absolute atomic E-state index is 0.0719. The van der Waals surface area contributed by atoms with E-state index in [0.29, 0.717) is 6.42 Å². The second kappa shape index (κ2) is 6.69. The summed E-state index contributed by atoms with van der Waals surface area (Å²) in [5.74, 6) is 0.0719. The predicted octanol–water partition coefficient (Wildman–Crippen LogP) is 3.76. The number of rotatable bonds is 5. The number of aromatic nitrogens is 1. The molecule has 3 heteroatoms. The number of carbonyl (C=O) groups is 1. The van der Waals surface area contributed by atoms with E-state index in [1.807, 2.05) is 32.0 Å². The molecule has 1 amide bonds. The maximum Gasteiger partial charge on any atom is 0.224 e. The van der Waals surface area contributed by atoms with Crippen LogP contribution >= 0.6 is 0 Å². The van der Waals surface area contributed by atoms with Crippen molar-refractivity contribution < 1.29 is 4.79 Å². The van der Waals surface area contributed by atoms with E-state index in [2.05, 4.69) is 52.5 Å². The van der Waals surface area contributed by atoms with Gasteiger partial charge in [0.25, 0.3) is 0 Å². The first-order valence-electron chi connectivity index (χ1n) is 8.03. The molecule has 3 rings (SSSR count). The number of nitrogens with zero attached hydrogens (tertiary/aromatic N) is 1. The number of hydrogen-bond acceptors (Lipinski definition) is 1. The van der Waals surface area contributed by atoms with Crippen molar-refractivity contribution >= 4 is 16.8 Å². The van der Waals surface area contributed by atoms with Gasteiger partial charge in [-0.2, -0.15) is 0 Å².